The largest absolute Gasteiger partial charge is 0.372 e. The van der Waals surface area contributed by atoms with Gasteiger partial charge in [0.1, 0.15) is 11.6 Å². The number of anilines is 1. The molecule has 0 radical (unpaired) electrons. The van der Waals surface area contributed by atoms with Crippen LogP contribution in [0.4, 0.5) is 5.82 Å². The lowest BCUT2D eigenvalue weighted by Crippen LogP contribution is -2.42. The molecule has 2 aliphatic rings. The van der Waals surface area contributed by atoms with Crippen molar-refractivity contribution in [3.8, 4) is 0 Å². The zero-order chi connectivity index (χ0) is 14.4. The predicted molar refractivity (Wildman–Crippen MR) is 79.0 cm³/mol. The molecule has 2 unspecified atom stereocenters. The molecular weight excluding hydrogens is 268 g/mol. The molecule has 2 aromatic heterocycles. The second kappa shape index (κ2) is 4.92. The van der Waals surface area contributed by atoms with Crippen molar-refractivity contribution in [3.63, 3.8) is 0 Å². The Labute approximate surface area is 123 Å². The molecule has 2 atom stereocenters. The molecule has 4 heterocycles. The quantitative estimate of drug-likeness (QED) is 0.899. The minimum atomic E-state index is 0.396. The Balaban J connectivity index is 1.62. The summed E-state index contributed by atoms with van der Waals surface area (Å²) in [5.41, 5.74) is 0.876. The number of likely N-dealkylation sites (tertiary alicyclic amines) is 1. The lowest BCUT2D eigenvalue weighted by Gasteiger charge is -2.31. The molecule has 0 amide bonds. The van der Waals surface area contributed by atoms with Crippen LogP contribution in [-0.4, -0.2) is 57.0 Å². The van der Waals surface area contributed by atoms with E-state index in [1.54, 1.807) is 10.9 Å². The lowest BCUT2D eigenvalue weighted by molar-refractivity contribution is -0.0417. The Morgan fingerprint density at radius 1 is 1.29 bits per heavy atom. The van der Waals surface area contributed by atoms with Gasteiger partial charge in [0.2, 0.25) is 0 Å². The van der Waals surface area contributed by atoms with E-state index in [2.05, 4.69) is 25.3 Å². The molecule has 4 rings (SSSR count). The summed E-state index contributed by atoms with van der Waals surface area (Å²) in [7, 11) is 3.79. The average molecular weight is 288 g/mol. The zero-order valence-electron chi connectivity index (χ0n) is 12.4. The van der Waals surface area contributed by atoms with E-state index >= 15 is 0 Å². The summed E-state index contributed by atoms with van der Waals surface area (Å²) < 4.78 is 7.67. The van der Waals surface area contributed by atoms with Crippen molar-refractivity contribution in [1.82, 2.24) is 24.6 Å². The van der Waals surface area contributed by atoms with Crippen LogP contribution < -0.4 is 5.32 Å². The van der Waals surface area contributed by atoms with Gasteiger partial charge in [-0.05, 0) is 12.8 Å². The van der Waals surface area contributed by atoms with E-state index in [-0.39, 0.29) is 0 Å². The molecule has 0 spiro atoms. The maximum absolute atomic E-state index is 5.88. The summed E-state index contributed by atoms with van der Waals surface area (Å²) in [4.78, 5) is 11.7. The molecule has 0 aliphatic carbocycles. The van der Waals surface area contributed by atoms with Crippen molar-refractivity contribution in [2.75, 3.05) is 25.5 Å². The van der Waals surface area contributed by atoms with Gasteiger partial charge in [0, 0.05) is 27.2 Å². The second-order valence-electron chi connectivity index (χ2n) is 5.90. The van der Waals surface area contributed by atoms with Crippen LogP contribution >= 0.6 is 0 Å². The SMILES string of the molecule is CNc1nc(CN2CC3CCC(C2)O3)nc2c1cnn2C. The van der Waals surface area contributed by atoms with Gasteiger partial charge in [-0.3, -0.25) is 9.58 Å². The molecule has 112 valence electrons. The number of aryl methyl sites for hydroxylation is 1. The highest BCUT2D eigenvalue weighted by molar-refractivity contribution is 5.86. The highest BCUT2D eigenvalue weighted by Gasteiger charge is 2.33. The molecular formula is C14H20N6O. The minimum Gasteiger partial charge on any atom is -0.372 e. The van der Waals surface area contributed by atoms with Gasteiger partial charge in [-0.15, -0.1) is 0 Å². The van der Waals surface area contributed by atoms with Gasteiger partial charge in [-0.2, -0.15) is 5.10 Å². The zero-order valence-corrected chi connectivity index (χ0v) is 12.4. The first-order valence-corrected chi connectivity index (χ1v) is 7.47. The highest BCUT2D eigenvalue weighted by atomic mass is 16.5. The van der Waals surface area contributed by atoms with E-state index in [1.807, 2.05) is 14.1 Å². The summed E-state index contributed by atoms with van der Waals surface area (Å²) in [6, 6.07) is 0. The summed E-state index contributed by atoms with van der Waals surface area (Å²) in [5, 5.41) is 8.37. The van der Waals surface area contributed by atoms with Gasteiger partial charge >= 0.3 is 0 Å². The van der Waals surface area contributed by atoms with Crippen LogP contribution in [0.25, 0.3) is 11.0 Å². The molecule has 21 heavy (non-hydrogen) atoms. The maximum atomic E-state index is 5.88. The molecule has 0 saturated carbocycles. The third kappa shape index (κ3) is 2.26. The number of hydrogen-bond donors (Lipinski definition) is 1. The fraction of sp³-hybridized carbons (Fsp3) is 0.643. The summed E-state index contributed by atoms with van der Waals surface area (Å²) >= 11 is 0. The molecule has 7 heteroatoms. The fourth-order valence-corrected chi connectivity index (χ4v) is 3.36. The average Bonchev–Trinajstić information content (AvgIpc) is 3.02. The van der Waals surface area contributed by atoms with Gasteiger partial charge in [0.25, 0.3) is 0 Å². The lowest BCUT2D eigenvalue weighted by atomic mass is 10.2. The van der Waals surface area contributed by atoms with Gasteiger partial charge in [0.05, 0.1) is 30.3 Å². The van der Waals surface area contributed by atoms with Crippen LogP contribution in [0.3, 0.4) is 0 Å². The van der Waals surface area contributed by atoms with Crippen molar-refractivity contribution in [3.05, 3.63) is 12.0 Å². The standard InChI is InChI=1S/C14H20N6O/c1-15-13-11-5-16-19(2)14(11)18-12(17-13)8-20-6-9-3-4-10(7-20)21-9/h5,9-10H,3-4,6-8H2,1-2H3,(H,15,17,18). The van der Waals surface area contributed by atoms with E-state index in [4.69, 9.17) is 4.74 Å². The summed E-state index contributed by atoms with van der Waals surface area (Å²) in [5.74, 6) is 1.69. The van der Waals surface area contributed by atoms with Crippen LogP contribution in [-0.2, 0) is 18.3 Å². The minimum absolute atomic E-state index is 0.396. The topological polar surface area (TPSA) is 68.1 Å². The normalized spacial score (nSPS) is 25.6. The first kappa shape index (κ1) is 13.0. The molecule has 1 N–H and O–H groups in total. The van der Waals surface area contributed by atoms with Gasteiger partial charge < -0.3 is 10.1 Å². The number of ether oxygens (including phenoxy) is 1. The Morgan fingerprint density at radius 2 is 2.05 bits per heavy atom. The monoisotopic (exact) mass is 288 g/mol. The van der Waals surface area contributed by atoms with E-state index in [1.165, 1.54) is 12.8 Å². The number of hydrogen-bond acceptors (Lipinski definition) is 6. The Hall–Kier alpha value is -1.73. The number of aromatic nitrogens is 4. The molecule has 7 nitrogen and oxygen atoms in total. The summed E-state index contributed by atoms with van der Waals surface area (Å²) in [6.07, 6.45) is 4.97. The van der Waals surface area contributed by atoms with Gasteiger partial charge in [-0.25, -0.2) is 9.97 Å². The first-order chi connectivity index (χ1) is 10.2. The van der Waals surface area contributed by atoms with Crippen molar-refractivity contribution in [2.45, 2.75) is 31.6 Å². The molecule has 0 aromatic carbocycles. The van der Waals surface area contributed by atoms with Gasteiger partial charge in [0.15, 0.2) is 5.65 Å². The van der Waals surface area contributed by atoms with E-state index < -0.39 is 0 Å². The third-order valence-electron chi connectivity index (χ3n) is 4.36. The first-order valence-electron chi connectivity index (χ1n) is 7.47. The van der Waals surface area contributed by atoms with E-state index in [0.29, 0.717) is 12.2 Å². The van der Waals surface area contributed by atoms with Crippen molar-refractivity contribution in [1.29, 1.82) is 0 Å². The van der Waals surface area contributed by atoms with Crippen molar-refractivity contribution in [2.24, 2.45) is 7.05 Å². The Bertz CT molecular complexity index is 657. The second-order valence-corrected chi connectivity index (χ2v) is 5.90. The Morgan fingerprint density at radius 3 is 2.76 bits per heavy atom. The molecule has 2 fully saturated rings. The predicted octanol–water partition coefficient (Wildman–Crippen LogP) is 0.768. The maximum Gasteiger partial charge on any atom is 0.163 e. The molecule has 2 aromatic rings. The van der Waals surface area contributed by atoms with Crippen LogP contribution in [0.5, 0.6) is 0 Å². The highest BCUT2D eigenvalue weighted by Crippen LogP contribution is 2.27. The number of fused-ring (bicyclic) bond motifs is 3. The molecule has 2 saturated heterocycles. The number of morpholine rings is 1. The number of rotatable bonds is 3. The molecule has 2 bridgehead atoms. The smallest absolute Gasteiger partial charge is 0.163 e. The molecule has 2 aliphatic heterocycles. The van der Waals surface area contributed by atoms with Crippen LogP contribution in [0.2, 0.25) is 0 Å². The van der Waals surface area contributed by atoms with Crippen LogP contribution in [0.15, 0.2) is 6.20 Å². The Kier molecular flexibility index (Phi) is 3.04. The van der Waals surface area contributed by atoms with E-state index in [9.17, 15) is 0 Å². The van der Waals surface area contributed by atoms with E-state index in [0.717, 1.165) is 42.3 Å². The third-order valence-corrected chi connectivity index (χ3v) is 4.36. The van der Waals surface area contributed by atoms with Gasteiger partial charge in [-0.1, -0.05) is 0 Å². The van der Waals surface area contributed by atoms with Crippen LogP contribution in [0.1, 0.15) is 18.7 Å². The van der Waals surface area contributed by atoms with Crippen molar-refractivity contribution < 1.29 is 4.74 Å². The van der Waals surface area contributed by atoms with Crippen molar-refractivity contribution >= 4 is 16.9 Å². The van der Waals surface area contributed by atoms with Crippen LogP contribution in [0, 0.1) is 0 Å². The number of nitrogens with zero attached hydrogens (tertiary/aromatic N) is 5. The fourth-order valence-electron chi connectivity index (χ4n) is 3.36. The number of nitrogens with one attached hydrogen (secondary N) is 1. The summed E-state index contributed by atoms with van der Waals surface area (Å²) in [6.45, 7) is 2.74.